The zero-order valence-corrected chi connectivity index (χ0v) is 5.21. The molecule has 1 aliphatic carbocycles. The molecule has 1 aliphatic heterocycles. The number of methoxy groups -OCH3 is 1. The monoisotopic (exact) mass is 140 g/mol. The number of ether oxygens (including phenoxy) is 2. The van der Waals surface area contributed by atoms with E-state index in [1.165, 1.54) is 7.11 Å². The predicted octanol–water partition coefficient (Wildman–Crippen LogP) is -0.605. The number of cyclic esters (lactones) is 2. The third kappa shape index (κ3) is 0.447. The van der Waals surface area contributed by atoms with Gasteiger partial charge in [-0.3, -0.25) is 0 Å². The molecular formula is C6H4O4. The van der Waals surface area contributed by atoms with Crippen LogP contribution in [0.2, 0.25) is 0 Å². The van der Waals surface area contributed by atoms with Gasteiger partial charge in [0.2, 0.25) is 0 Å². The minimum Gasteiger partial charge on any atom is -0.386 e. The van der Waals surface area contributed by atoms with Crippen molar-refractivity contribution in [1.29, 1.82) is 0 Å². The van der Waals surface area contributed by atoms with Crippen molar-refractivity contribution in [1.82, 2.24) is 0 Å². The molecule has 1 heterocycles. The Morgan fingerprint density at radius 2 is 1.80 bits per heavy atom. The minimum atomic E-state index is -0.549. The lowest BCUT2D eigenvalue weighted by molar-refractivity contribution is -0.153. The molecule has 10 heavy (non-hydrogen) atoms. The Balaban J connectivity index is 2.26. The van der Waals surface area contributed by atoms with Gasteiger partial charge in [-0.25, -0.2) is 9.59 Å². The first-order chi connectivity index (χ1) is 4.75. The number of carbonyl (C=O) groups excluding carboxylic acids is 2. The molecule has 0 unspecified atom stereocenters. The zero-order valence-electron chi connectivity index (χ0n) is 5.21. The number of carbonyl (C=O) groups is 2. The Bertz CT molecular complexity index is 239. The lowest BCUT2D eigenvalue weighted by Gasteiger charge is -2.00. The predicted molar refractivity (Wildman–Crippen MR) is 28.9 cm³/mol. The summed E-state index contributed by atoms with van der Waals surface area (Å²) >= 11 is 0. The van der Waals surface area contributed by atoms with Crippen molar-refractivity contribution >= 4 is 11.9 Å². The molecule has 0 N–H and O–H groups in total. The zero-order chi connectivity index (χ0) is 7.30. The summed E-state index contributed by atoms with van der Waals surface area (Å²) < 4.78 is 9.00. The van der Waals surface area contributed by atoms with Gasteiger partial charge in [-0.05, 0) is 0 Å². The molecule has 0 bridgehead atoms. The first kappa shape index (κ1) is 5.61. The summed E-state index contributed by atoms with van der Waals surface area (Å²) in [6.07, 6.45) is -0.367. The van der Waals surface area contributed by atoms with Gasteiger partial charge in [0.15, 0.2) is 0 Å². The fourth-order valence-electron chi connectivity index (χ4n) is 1.07. The maximum atomic E-state index is 10.6. The van der Waals surface area contributed by atoms with E-state index in [0.29, 0.717) is 11.1 Å². The summed E-state index contributed by atoms with van der Waals surface area (Å²) in [6.45, 7) is 0. The normalized spacial score (nSPS) is 23.3. The van der Waals surface area contributed by atoms with E-state index in [1.807, 2.05) is 0 Å². The topological polar surface area (TPSA) is 52.6 Å². The van der Waals surface area contributed by atoms with Crippen molar-refractivity contribution in [2.75, 3.05) is 7.11 Å². The third-order valence-corrected chi connectivity index (χ3v) is 1.59. The van der Waals surface area contributed by atoms with Crippen LogP contribution in [0.25, 0.3) is 0 Å². The van der Waals surface area contributed by atoms with Crippen molar-refractivity contribution in [3.05, 3.63) is 11.1 Å². The lowest BCUT2D eigenvalue weighted by Crippen LogP contribution is -2.15. The molecule has 4 heteroatoms. The highest BCUT2D eigenvalue weighted by molar-refractivity contribution is 6.21. The molecule has 0 saturated heterocycles. The van der Waals surface area contributed by atoms with Gasteiger partial charge in [0, 0.05) is 7.11 Å². The molecule has 0 aromatic carbocycles. The summed E-state index contributed by atoms with van der Waals surface area (Å²) in [6, 6.07) is 0. The van der Waals surface area contributed by atoms with Gasteiger partial charge in [-0.1, -0.05) is 0 Å². The van der Waals surface area contributed by atoms with E-state index in [4.69, 9.17) is 4.74 Å². The van der Waals surface area contributed by atoms with Crippen LogP contribution in [0, 0.1) is 0 Å². The second-order valence-electron chi connectivity index (χ2n) is 2.12. The summed E-state index contributed by atoms with van der Waals surface area (Å²) in [5, 5.41) is 0. The molecule has 52 valence electrons. The summed E-state index contributed by atoms with van der Waals surface area (Å²) in [5.74, 6) is -1.10. The molecular weight excluding hydrogens is 136 g/mol. The molecule has 0 saturated carbocycles. The molecule has 0 aromatic heterocycles. The van der Waals surface area contributed by atoms with Gasteiger partial charge in [-0.15, -0.1) is 0 Å². The molecule has 4 nitrogen and oxygen atoms in total. The Morgan fingerprint density at radius 3 is 2.10 bits per heavy atom. The van der Waals surface area contributed by atoms with E-state index in [1.54, 1.807) is 0 Å². The van der Waals surface area contributed by atoms with Gasteiger partial charge in [-0.2, -0.15) is 0 Å². The van der Waals surface area contributed by atoms with Gasteiger partial charge in [0.1, 0.15) is 6.10 Å². The van der Waals surface area contributed by atoms with E-state index >= 15 is 0 Å². The Kier molecular flexibility index (Phi) is 0.820. The standard InChI is InChI=1S/C6H4O4/c1-9-4-2-3(4)6(8)10-5(2)7/h4H,1H3. The number of hydrogen-bond donors (Lipinski definition) is 0. The SMILES string of the molecule is COC1C2=C1C(=O)OC2=O. The molecule has 0 spiro atoms. The summed E-state index contributed by atoms with van der Waals surface area (Å²) in [5.41, 5.74) is 0.792. The van der Waals surface area contributed by atoms with Crippen LogP contribution in [0.3, 0.4) is 0 Å². The molecule has 2 rings (SSSR count). The van der Waals surface area contributed by atoms with Crippen LogP contribution in [0.15, 0.2) is 11.1 Å². The molecule has 0 aromatic rings. The largest absolute Gasteiger partial charge is 0.386 e. The van der Waals surface area contributed by atoms with E-state index in [9.17, 15) is 9.59 Å². The first-order valence-corrected chi connectivity index (χ1v) is 2.79. The highest BCUT2D eigenvalue weighted by atomic mass is 16.6. The second kappa shape index (κ2) is 1.46. The number of esters is 2. The second-order valence-corrected chi connectivity index (χ2v) is 2.12. The third-order valence-electron chi connectivity index (χ3n) is 1.59. The summed E-state index contributed by atoms with van der Waals surface area (Å²) in [7, 11) is 1.45. The van der Waals surface area contributed by atoms with Gasteiger partial charge in [0.05, 0.1) is 11.1 Å². The average molecular weight is 140 g/mol. The van der Waals surface area contributed by atoms with Crippen molar-refractivity contribution in [3.63, 3.8) is 0 Å². The Morgan fingerprint density at radius 1 is 1.30 bits per heavy atom. The fraction of sp³-hybridized carbons (Fsp3) is 0.333. The van der Waals surface area contributed by atoms with Crippen LogP contribution in [0.1, 0.15) is 0 Å². The van der Waals surface area contributed by atoms with Crippen molar-refractivity contribution in [2.45, 2.75) is 6.10 Å². The molecule has 2 aliphatic rings. The van der Waals surface area contributed by atoms with Gasteiger partial charge >= 0.3 is 11.9 Å². The maximum Gasteiger partial charge on any atom is 0.345 e. The van der Waals surface area contributed by atoms with Crippen molar-refractivity contribution < 1.29 is 19.1 Å². The molecule has 0 radical (unpaired) electrons. The number of hydrogen-bond acceptors (Lipinski definition) is 4. The quantitative estimate of drug-likeness (QED) is 0.360. The maximum absolute atomic E-state index is 10.6. The van der Waals surface area contributed by atoms with Gasteiger partial charge < -0.3 is 9.47 Å². The molecule has 0 fully saturated rings. The molecule has 0 amide bonds. The Hall–Kier alpha value is -1.16. The number of rotatable bonds is 1. The van der Waals surface area contributed by atoms with Crippen LogP contribution in [0.5, 0.6) is 0 Å². The van der Waals surface area contributed by atoms with Crippen LogP contribution in [-0.2, 0) is 19.1 Å². The van der Waals surface area contributed by atoms with E-state index in [0.717, 1.165) is 0 Å². The van der Waals surface area contributed by atoms with Crippen LogP contribution in [0.4, 0.5) is 0 Å². The highest BCUT2D eigenvalue weighted by Gasteiger charge is 2.54. The van der Waals surface area contributed by atoms with E-state index in [-0.39, 0.29) is 6.10 Å². The van der Waals surface area contributed by atoms with Crippen molar-refractivity contribution in [2.24, 2.45) is 0 Å². The van der Waals surface area contributed by atoms with Crippen LogP contribution in [-0.4, -0.2) is 25.2 Å². The van der Waals surface area contributed by atoms with Crippen molar-refractivity contribution in [3.8, 4) is 0 Å². The van der Waals surface area contributed by atoms with E-state index in [2.05, 4.69) is 4.74 Å². The highest BCUT2D eigenvalue weighted by Crippen LogP contribution is 2.40. The average Bonchev–Trinajstić information content (AvgIpc) is 2.53. The van der Waals surface area contributed by atoms with Crippen LogP contribution >= 0.6 is 0 Å². The van der Waals surface area contributed by atoms with E-state index < -0.39 is 11.9 Å². The van der Waals surface area contributed by atoms with Gasteiger partial charge in [0.25, 0.3) is 0 Å². The fourth-order valence-corrected chi connectivity index (χ4v) is 1.07. The molecule has 0 atom stereocenters. The lowest BCUT2D eigenvalue weighted by atomic mass is 10.4. The first-order valence-electron chi connectivity index (χ1n) is 2.79. The smallest absolute Gasteiger partial charge is 0.345 e. The Labute approximate surface area is 56.4 Å². The minimum absolute atomic E-state index is 0.367. The van der Waals surface area contributed by atoms with Crippen LogP contribution < -0.4 is 0 Å². The summed E-state index contributed by atoms with van der Waals surface area (Å²) in [4.78, 5) is 21.2.